The fourth-order valence-corrected chi connectivity index (χ4v) is 5.29. The first kappa shape index (κ1) is 17.7. The van der Waals surface area contributed by atoms with Gasteiger partial charge < -0.3 is 15.4 Å². The zero-order valence-corrected chi connectivity index (χ0v) is 15.4. The van der Waals surface area contributed by atoms with Crippen LogP contribution in [0.3, 0.4) is 0 Å². The van der Waals surface area contributed by atoms with Crippen molar-refractivity contribution in [3.8, 4) is 0 Å². The molecule has 2 aliphatic carbocycles. The number of aliphatic imine (C=N–C) groups is 1. The highest BCUT2D eigenvalue weighted by molar-refractivity contribution is 5.80. The lowest BCUT2D eigenvalue weighted by atomic mass is 9.54. The van der Waals surface area contributed by atoms with Crippen LogP contribution in [0.4, 0.5) is 8.78 Å². The number of guanidine groups is 1. The van der Waals surface area contributed by atoms with Crippen molar-refractivity contribution in [3.63, 3.8) is 0 Å². The van der Waals surface area contributed by atoms with Gasteiger partial charge in [0.1, 0.15) is 0 Å². The molecular weight excluding hydrogens is 336 g/mol. The van der Waals surface area contributed by atoms with Crippen LogP contribution >= 0.6 is 0 Å². The summed E-state index contributed by atoms with van der Waals surface area (Å²) in [6.45, 7) is 2.78. The fraction of sp³-hybridized carbons (Fsp3) is 0.650. The lowest BCUT2D eigenvalue weighted by Gasteiger charge is -2.57. The highest BCUT2D eigenvalue weighted by Gasteiger charge is 2.65. The summed E-state index contributed by atoms with van der Waals surface area (Å²) in [5, 5.41) is 6.95. The van der Waals surface area contributed by atoms with E-state index in [0.717, 1.165) is 13.0 Å². The van der Waals surface area contributed by atoms with E-state index >= 15 is 0 Å². The second-order valence-corrected chi connectivity index (χ2v) is 7.92. The number of hydrogen-bond donors (Lipinski definition) is 2. The van der Waals surface area contributed by atoms with E-state index in [-0.39, 0.29) is 11.5 Å². The van der Waals surface area contributed by atoms with Crippen molar-refractivity contribution < 1.29 is 13.5 Å². The molecule has 0 aromatic heterocycles. The van der Waals surface area contributed by atoms with E-state index in [0.29, 0.717) is 29.6 Å². The molecule has 4 atom stereocenters. The van der Waals surface area contributed by atoms with Gasteiger partial charge in [0.25, 0.3) is 0 Å². The average molecular weight is 363 g/mol. The Morgan fingerprint density at radius 1 is 1.27 bits per heavy atom. The van der Waals surface area contributed by atoms with Gasteiger partial charge in [-0.3, -0.25) is 4.99 Å². The monoisotopic (exact) mass is 363 g/mol. The minimum atomic E-state index is -0.826. The third kappa shape index (κ3) is 2.79. The zero-order valence-electron chi connectivity index (χ0n) is 15.4. The first-order chi connectivity index (χ1) is 12.5. The number of nitrogens with zero attached hydrogens (tertiary/aromatic N) is 1. The Morgan fingerprint density at radius 2 is 2.04 bits per heavy atom. The van der Waals surface area contributed by atoms with E-state index in [9.17, 15) is 8.78 Å². The maximum atomic E-state index is 13.5. The summed E-state index contributed by atoms with van der Waals surface area (Å²) in [5.41, 5.74) is 0.933. The van der Waals surface area contributed by atoms with Crippen molar-refractivity contribution in [2.24, 2.45) is 16.3 Å². The van der Waals surface area contributed by atoms with Gasteiger partial charge >= 0.3 is 0 Å². The van der Waals surface area contributed by atoms with Gasteiger partial charge in [0, 0.05) is 31.0 Å². The van der Waals surface area contributed by atoms with E-state index in [1.54, 1.807) is 13.1 Å². The SMILES string of the molecule is CN=C(NC(C)c1ccc(F)c(F)c1)NC1C2CCOC2C12CCCC2. The van der Waals surface area contributed by atoms with Crippen LogP contribution in [-0.2, 0) is 4.74 Å². The summed E-state index contributed by atoms with van der Waals surface area (Å²) in [6.07, 6.45) is 6.44. The predicted octanol–water partition coefficient (Wildman–Crippen LogP) is 3.54. The molecule has 4 nitrogen and oxygen atoms in total. The number of halogens is 2. The molecule has 1 aliphatic heterocycles. The fourth-order valence-electron chi connectivity index (χ4n) is 5.29. The Labute approximate surface area is 153 Å². The van der Waals surface area contributed by atoms with Crippen molar-refractivity contribution in [2.75, 3.05) is 13.7 Å². The van der Waals surface area contributed by atoms with Crippen LogP contribution in [0.5, 0.6) is 0 Å². The molecule has 4 unspecified atom stereocenters. The number of nitrogens with one attached hydrogen (secondary N) is 2. The smallest absolute Gasteiger partial charge is 0.191 e. The van der Waals surface area contributed by atoms with Crippen LogP contribution < -0.4 is 10.6 Å². The van der Waals surface area contributed by atoms with Crippen LogP contribution in [0.15, 0.2) is 23.2 Å². The van der Waals surface area contributed by atoms with Gasteiger partial charge in [-0.05, 0) is 43.9 Å². The van der Waals surface area contributed by atoms with E-state index in [2.05, 4.69) is 15.6 Å². The minimum absolute atomic E-state index is 0.175. The van der Waals surface area contributed by atoms with Crippen LogP contribution in [0.2, 0.25) is 0 Å². The van der Waals surface area contributed by atoms with Gasteiger partial charge in [0.15, 0.2) is 17.6 Å². The molecule has 142 valence electrons. The molecule has 0 radical (unpaired) electrons. The number of hydrogen-bond acceptors (Lipinski definition) is 2. The lowest BCUT2D eigenvalue weighted by molar-refractivity contribution is -0.125. The second-order valence-electron chi connectivity index (χ2n) is 7.92. The summed E-state index contributed by atoms with van der Waals surface area (Å²) in [5.74, 6) is -0.392. The largest absolute Gasteiger partial charge is 0.377 e. The Kier molecular flexibility index (Phi) is 4.63. The van der Waals surface area contributed by atoms with E-state index in [1.807, 2.05) is 6.92 Å². The molecular formula is C20H27F2N3O. The molecule has 1 spiro atoms. The molecule has 1 aromatic carbocycles. The van der Waals surface area contributed by atoms with Crippen molar-refractivity contribution in [1.82, 2.24) is 10.6 Å². The summed E-state index contributed by atoms with van der Waals surface area (Å²) >= 11 is 0. The molecule has 1 saturated heterocycles. The summed E-state index contributed by atoms with van der Waals surface area (Å²) in [6, 6.07) is 4.21. The molecule has 0 bridgehead atoms. The standard InChI is InChI=1S/C20H27F2N3O/c1-12(13-5-6-15(21)16(22)11-13)24-19(23-2)25-17-14-7-10-26-18(14)20(17)8-3-4-9-20/h5-6,11-12,14,17-18H,3-4,7-10H2,1-2H3,(H2,23,24,25). The number of ether oxygens (including phenoxy) is 1. The topological polar surface area (TPSA) is 45.7 Å². The highest BCUT2D eigenvalue weighted by Crippen LogP contribution is 2.60. The molecule has 2 N–H and O–H groups in total. The Bertz CT molecular complexity index is 702. The van der Waals surface area contributed by atoms with Crippen molar-refractivity contribution in [2.45, 2.75) is 57.2 Å². The van der Waals surface area contributed by atoms with Gasteiger partial charge in [-0.15, -0.1) is 0 Å². The van der Waals surface area contributed by atoms with Gasteiger partial charge in [-0.25, -0.2) is 8.78 Å². The highest BCUT2D eigenvalue weighted by atomic mass is 19.2. The van der Waals surface area contributed by atoms with Gasteiger partial charge in [-0.2, -0.15) is 0 Å². The zero-order chi connectivity index (χ0) is 18.3. The Hall–Kier alpha value is -1.69. The van der Waals surface area contributed by atoms with E-state index in [4.69, 9.17) is 4.74 Å². The van der Waals surface area contributed by atoms with Gasteiger partial charge in [0.05, 0.1) is 12.1 Å². The average Bonchev–Trinajstić information content (AvgIpc) is 3.29. The maximum Gasteiger partial charge on any atom is 0.191 e. The third-order valence-electron chi connectivity index (χ3n) is 6.60. The van der Waals surface area contributed by atoms with Crippen LogP contribution in [-0.4, -0.2) is 31.8 Å². The molecule has 4 rings (SSSR count). The number of fused-ring (bicyclic) bond motifs is 2. The normalized spacial score (nSPS) is 30.8. The summed E-state index contributed by atoms with van der Waals surface area (Å²) < 4.78 is 32.7. The Morgan fingerprint density at radius 3 is 2.73 bits per heavy atom. The lowest BCUT2D eigenvalue weighted by Crippen LogP contribution is -2.69. The van der Waals surface area contributed by atoms with Crippen molar-refractivity contribution in [1.29, 1.82) is 0 Å². The first-order valence-electron chi connectivity index (χ1n) is 9.61. The Balaban J connectivity index is 1.45. The molecule has 6 heteroatoms. The molecule has 26 heavy (non-hydrogen) atoms. The molecule has 1 aromatic rings. The van der Waals surface area contributed by atoms with Crippen LogP contribution in [0.1, 0.15) is 50.6 Å². The third-order valence-corrected chi connectivity index (χ3v) is 6.60. The van der Waals surface area contributed by atoms with Crippen molar-refractivity contribution >= 4 is 5.96 Å². The first-order valence-corrected chi connectivity index (χ1v) is 9.61. The van der Waals surface area contributed by atoms with Crippen molar-refractivity contribution in [3.05, 3.63) is 35.4 Å². The number of rotatable bonds is 3. The van der Waals surface area contributed by atoms with Gasteiger partial charge in [0.2, 0.25) is 0 Å². The molecule has 2 saturated carbocycles. The quantitative estimate of drug-likeness (QED) is 0.638. The number of benzene rings is 1. The predicted molar refractivity (Wildman–Crippen MR) is 96.9 cm³/mol. The van der Waals surface area contributed by atoms with E-state index < -0.39 is 11.6 Å². The molecule has 3 fully saturated rings. The maximum absolute atomic E-state index is 13.5. The second kappa shape index (κ2) is 6.80. The van der Waals surface area contributed by atoms with E-state index in [1.165, 1.54) is 37.8 Å². The van der Waals surface area contributed by atoms with Crippen LogP contribution in [0, 0.1) is 23.0 Å². The minimum Gasteiger partial charge on any atom is -0.377 e. The summed E-state index contributed by atoms with van der Waals surface area (Å²) in [4.78, 5) is 4.37. The van der Waals surface area contributed by atoms with Gasteiger partial charge in [-0.1, -0.05) is 18.9 Å². The summed E-state index contributed by atoms with van der Waals surface area (Å²) in [7, 11) is 1.75. The van der Waals surface area contributed by atoms with Crippen LogP contribution in [0.25, 0.3) is 0 Å². The molecule has 0 amide bonds. The molecule has 3 aliphatic rings. The molecule has 1 heterocycles.